The zero-order valence-corrected chi connectivity index (χ0v) is 12.4. The zero-order valence-electron chi connectivity index (χ0n) is 9.92. The summed E-state index contributed by atoms with van der Waals surface area (Å²) in [5, 5.41) is 2.02. The van der Waals surface area contributed by atoms with Crippen molar-refractivity contribution in [2.75, 3.05) is 14.2 Å². The minimum Gasteiger partial charge on any atom is -0.404 e. The third kappa shape index (κ3) is 2.75. The van der Waals surface area contributed by atoms with Gasteiger partial charge in [-0.25, -0.2) is 4.57 Å². The van der Waals surface area contributed by atoms with Crippen LogP contribution in [0.15, 0.2) is 40.9 Å². The Morgan fingerprint density at radius 3 is 2.44 bits per heavy atom. The van der Waals surface area contributed by atoms with Gasteiger partial charge in [0.2, 0.25) is 0 Å². The summed E-state index contributed by atoms with van der Waals surface area (Å²) in [5.41, 5.74) is 0. The van der Waals surface area contributed by atoms with Crippen molar-refractivity contribution in [1.29, 1.82) is 0 Å². The highest BCUT2D eigenvalue weighted by atomic mass is 79.9. The van der Waals surface area contributed by atoms with Crippen LogP contribution in [0.25, 0.3) is 10.8 Å². The summed E-state index contributed by atoms with van der Waals surface area (Å²) in [5.74, 6) is 0.424. The Balaban J connectivity index is 2.44. The Bertz CT molecular complexity index is 606. The summed E-state index contributed by atoms with van der Waals surface area (Å²) in [6.45, 7) is 0. The molecule has 0 fully saturated rings. The first-order chi connectivity index (χ1) is 8.58. The minimum atomic E-state index is -3.52. The van der Waals surface area contributed by atoms with Crippen molar-refractivity contribution in [2.45, 2.75) is 0 Å². The minimum absolute atomic E-state index is 0.424. The van der Waals surface area contributed by atoms with Crippen LogP contribution in [-0.2, 0) is 13.6 Å². The Labute approximate surface area is 114 Å². The van der Waals surface area contributed by atoms with E-state index >= 15 is 0 Å². The van der Waals surface area contributed by atoms with E-state index in [4.69, 9.17) is 13.6 Å². The molecule has 18 heavy (non-hydrogen) atoms. The number of phosphoric ester groups is 1. The highest BCUT2D eigenvalue weighted by molar-refractivity contribution is 9.10. The van der Waals surface area contributed by atoms with E-state index in [-0.39, 0.29) is 0 Å². The molecule has 2 aromatic rings. The van der Waals surface area contributed by atoms with E-state index in [9.17, 15) is 4.57 Å². The number of hydrogen-bond acceptors (Lipinski definition) is 4. The van der Waals surface area contributed by atoms with Gasteiger partial charge < -0.3 is 4.52 Å². The molecule has 0 aliphatic rings. The molecule has 0 radical (unpaired) electrons. The quantitative estimate of drug-likeness (QED) is 0.780. The molecule has 0 atom stereocenters. The number of phosphoric acid groups is 1. The van der Waals surface area contributed by atoms with Gasteiger partial charge in [-0.2, -0.15) is 0 Å². The lowest BCUT2D eigenvalue weighted by atomic mass is 10.1. The van der Waals surface area contributed by atoms with Crippen molar-refractivity contribution in [1.82, 2.24) is 0 Å². The Hall–Kier alpha value is -0.870. The Morgan fingerprint density at radius 1 is 1.11 bits per heavy atom. The van der Waals surface area contributed by atoms with Crippen LogP contribution >= 0.6 is 23.8 Å². The molecule has 0 aliphatic carbocycles. The maximum atomic E-state index is 11.9. The molecule has 6 heteroatoms. The molecule has 0 aromatic heterocycles. The third-order valence-corrected chi connectivity index (χ3v) is 4.43. The fraction of sp³-hybridized carbons (Fsp3) is 0.167. The van der Waals surface area contributed by atoms with Crippen LogP contribution in [0.2, 0.25) is 0 Å². The molecular formula is C12H12BrO4P. The SMILES string of the molecule is COP(=O)(OC)Oc1cc(Br)c2ccccc2c1. The topological polar surface area (TPSA) is 44.8 Å². The van der Waals surface area contributed by atoms with Crippen LogP contribution in [0.3, 0.4) is 0 Å². The van der Waals surface area contributed by atoms with Gasteiger partial charge >= 0.3 is 7.82 Å². The lowest BCUT2D eigenvalue weighted by molar-refractivity contribution is 0.211. The molecule has 0 heterocycles. The van der Waals surface area contributed by atoms with Gasteiger partial charge in [-0.15, -0.1) is 0 Å². The first-order valence-electron chi connectivity index (χ1n) is 5.17. The van der Waals surface area contributed by atoms with Gasteiger partial charge in [-0.3, -0.25) is 9.05 Å². The average Bonchev–Trinajstić information content (AvgIpc) is 2.38. The molecule has 96 valence electrons. The standard InChI is InChI=1S/C12H12BrO4P/c1-15-18(14,16-2)17-10-7-9-5-3-4-6-11(9)12(13)8-10/h3-8H,1-2H3. The number of rotatable bonds is 4. The smallest absolute Gasteiger partial charge is 0.404 e. The van der Waals surface area contributed by atoms with E-state index in [1.807, 2.05) is 24.3 Å². The van der Waals surface area contributed by atoms with Crippen LogP contribution < -0.4 is 4.52 Å². The molecule has 0 spiro atoms. The summed E-state index contributed by atoms with van der Waals surface area (Å²) >= 11 is 3.45. The van der Waals surface area contributed by atoms with Gasteiger partial charge in [0, 0.05) is 18.7 Å². The zero-order chi connectivity index (χ0) is 13.2. The van der Waals surface area contributed by atoms with E-state index in [2.05, 4.69) is 15.9 Å². The van der Waals surface area contributed by atoms with Gasteiger partial charge in [0.25, 0.3) is 0 Å². The highest BCUT2D eigenvalue weighted by Crippen LogP contribution is 2.48. The van der Waals surface area contributed by atoms with E-state index in [0.29, 0.717) is 5.75 Å². The van der Waals surface area contributed by atoms with E-state index in [1.165, 1.54) is 14.2 Å². The fourth-order valence-electron chi connectivity index (χ4n) is 1.57. The molecule has 2 rings (SSSR count). The van der Waals surface area contributed by atoms with Crippen molar-refractivity contribution in [3.63, 3.8) is 0 Å². The van der Waals surface area contributed by atoms with Gasteiger partial charge in [0.15, 0.2) is 0 Å². The second-order valence-electron chi connectivity index (χ2n) is 3.53. The maximum Gasteiger partial charge on any atom is 0.529 e. The first-order valence-corrected chi connectivity index (χ1v) is 7.43. The molecule has 0 amide bonds. The predicted octanol–water partition coefficient (Wildman–Crippen LogP) is 4.38. The average molecular weight is 331 g/mol. The second kappa shape index (κ2) is 5.41. The van der Waals surface area contributed by atoms with Gasteiger partial charge in [0.05, 0.1) is 0 Å². The maximum absolute atomic E-state index is 11.9. The Kier molecular flexibility index (Phi) is 4.07. The molecule has 2 aromatic carbocycles. The first kappa shape index (κ1) is 13.6. The van der Waals surface area contributed by atoms with Crippen molar-refractivity contribution in [3.05, 3.63) is 40.9 Å². The third-order valence-electron chi connectivity index (χ3n) is 2.45. The van der Waals surface area contributed by atoms with Crippen LogP contribution in [0.4, 0.5) is 0 Å². The second-order valence-corrected chi connectivity index (χ2v) is 6.19. The van der Waals surface area contributed by atoms with Crippen molar-refractivity contribution in [2.24, 2.45) is 0 Å². The number of fused-ring (bicyclic) bond motifs is 1. The van der Waals surface area contributed by atoms with Gasteiger partial charge in [-0.1, -0.05) is 40.2 Å². The normalized spacial score (nSPS) is 11.7. The molecule has 0 bridgehead atoms. The van der Waals surface area contributed by atoms with Crippen molar-refractivity contribution in [3.8, 4) is 5.75 Å². The largest absolute Gasteiger partial charge is 0.529 e. The van der Waals surface area contributed by atoms with E-state index < -0.39 is 7.82 Å². The molecule has 0 N–H and O–H groups in total. The summed E-state index contributed by atoms with van der Waals surface area (Å²) in [6.07, 6.45) is 0. The lowest BCUT2D eigenvalue weighted by Gasteiger charge is -2.15. The summed E-state index contributed by atoms with van der Waals surface area (Å²) in [4.78, 5) is 0. The number of hydrogen-bond donors (Lipinski definition) is 0. The molecule has 0 unspecified atom stereocenters. The number of benzene rings is 2. The van der Waals surface area contributed by atoms with Gasteiger partial charge in [-0.05, 0) is 22.9 Å². The molecule has 4 nitrogen and oxygen atoms in total. The van der Waals surface area contributed by atoms with Crippen LogP contribution in [0.1, 0.15) is 0 Å². The molecule has 0 saturated heterocycles. The lowest BCUT2D eigenvalue weighted by Crippen LogP contribution is -1.97. The summed E-state index contributed by atoms with van der Waals surface area (Å²) in [7, 11) is -0.965. The fourth-order valence-corrected chi connectivity index (χ4v) is 2.82. The van der Waals surface area contributed by atoms with Crippen molar-refractivity contribution >= 4 is 34.5 Å². The van der Waals surface area contributed by atoms with Gasteiger partial charge in [0.1, 0.15) is 5.75 Å². The van der Waals surface area contributed by atoms with E-state index in [0.717, 1.165) is 15.2 Å². The molecule has 0 saturated carbocycles. The summed E-state index contributed by atoms with van der Waals surface area (Å²) in [6, 6.07) is 11.3. The number of halogens is 1. The monoisotopic (exact) mass is 330 g/mol. The predicted molar refractivity (Wildman–Crippen MR) is 73.9 cm³/mol. The van der Waals surface area contributed by atoms with Crippen LogP contribution in [0.5, 0.6) is 5.75 Å². The molecule has 0 aliphatic heterocycles. The van der Waals surface area contributed by atoms with E-state index in [1.54, 1.807) is 12.1 Å². The summed E-state index contributed by atoms with van der Waals surface area (Å²) < 4.78 is 27.5. The highest BCUT2D eigenvalue weighted by Gasteiger charge is 2.24. The molecular weight excluding hydrogens is 319 g/mol. The van der Waals surface area contributed by atoms with Crippen molar-refractivity contribution < 1.29 is 18.1 Å². The van der Waals surface area contributed by atoms with Crippen LogP contribution in [0, 0.1) is 0 Å². The van der Waals surface area contributed by atoms with Crippen LogP contribution in [-0.4, -0.2) is 14.2 Å². The Morgan fingerprint density at radius 2 is 1.78 bits per heavy atom.